The van der Waals surface area contributed by atoms with Gasteiger partial charge in [0.2, 0.25) is 0 Å². The fourth-order valence-corrected chi connectivity index (χ4v) is 6.30. The van der Waals surface area contributed by atoms with Gasteiger partial charge in [-0.2, -0.15) is 0 Å². The Morgan fingerprint density at radius 1 is 0.800 bits per heavy atom. The molecule has 3 heterocycles. The molecule has 1 aliphatic heterocycles. The molecule has 0 saturated carbocycles. The summed E-state index contributed by atoms with van der Waals surface area (Å²) in [6.45, 7) is 1.40. The van der Waals surface area contributed by atoms with Crippen LogP contribution in [-0.4, -0.2) is 57.4 Å². The Morgan fingerprint density at radius 3 is 1.87 bits per heavy atom. The smallest absolute Gasteiger partial charge is 0.338 e. The number of benzene rings is 3. The maximum atomic E-state index is 13.5. The lowest BCUT2D eigenvalue weighted by Crippen LogP contribution is -2.41. The Morgan fingerprint density at radius 2 is 1.31 bits per heavy atom. The van der Waals surface area contributed by atoms with Gasteiger partial charge in [0.25, 0.3) is 0 Å². The zero-order valence-corrected chi connectivity index (χ0v) is 26.6. The first-order chi connectivity index (χ1) is 21.8. The fourth-order valence-electron chi connectivity index (χ4n) is 5.04. The highest BCUT2D eigenvalue weighted by atomic mass is 127. The minimum absolute atomic E-state index is 0.247. The van der Waals surface area contributed by atoms with Gasteiger partial charge in [0, 0.05) is 9.77 Å². The summed E-state index contributed by atoms with van der Waals surface area (Å²) in [4.78, 5) is 48.6. The van der Waals surface area contributed by atoms with E-state index in [0.29, 0.717) is 22.4 Å². The van der Waals surface area contributed by atoms with Crippen LogP contribution < -0.4 is 0 Å². The monoisotopic (exact) mass is 737 g/mol. The van der Waals surface area contributed by atoms with Crippen molar-refractivity contribution in [2.45, 2.75) is 31.5 Å². The van der Waals surface area contributed by atoms with Crippen molar-refractivity contribution < 1.29 is 33.3 Å². The number of nitrogens with zero attached hydrogens (tertiary/aromatic N) is 3. The summed E-state index contributed by atoms with van der Waals surface area (Å²) in [6.07, 6.45) is -2.72. The second-order valence-corrected chi connectivity index (χ2v) is 11.7. The maximum Gasteiger partial charge on any atom is 0.338 e. The van der Waals surface area contributed by atoms with Crippen LogP contribution >= 0.6 is 34.2 Å². The molecule has 0 spiro atoms. The Balaban J connectivity index is 1.41. The summed E-state index contributed by atoms with van der Waals surface area (Å²) in [5.41, 5.74) is 1.34. The van der Waals surface area contributed by atoms with Gasteiger partial charge in [-0.1, -0.05) is 66.2 Å². The topological polar surface area (TPSA) is 119 Å². The standard InChI is InChI=1S/C33H25ClIN3O7/c1-19-36-28(34)25-23(35)17-38(29(25)37-19)30-27(45-33(41)22-15-9-4-10-16-22)26(44-32(40)21-13-7-3-8-14-21)24(43-30)18-42-31(39)20-11-5-2-6-12-20/h2-17,24,26-27,30H,18H2,1H3/t24-,26-,27-,30?/m1/s1. The van der Waals surface area contributed by atoms with E-state index in [9.17, 15) is 14.4 Å². The molecule has 45 heavy (non-hydrogen) atoms. The van der Waals surface area contributed by atoms with E-state index < -0.39 is 42.4 Å². The summed E-state index contributed by atoms with van der Waals surface area (Å²) < 4.78 is 26.6. The molecule has 0 radical (unpaired) electrons. The van der Waals surface area contributed by atoms with Crippen LogP contribution in [0.15, 0.2) is 97.2 Å². The Kier molecular flexibility index (Phi) is 9.10. The fraction of sp³-hybridized carbons (Fsp3) is 0.182. The zero-order chi connectivity index (χ0) is 31.5. The molecule has 0 N–H and O–H groups in total. The summed E-state index contributed by atoms with van der Waals surface area (Å²) in [5, 5.41) is 0.827. The molecule has 6 rings (SSSR count). The van der Waals surface area contributed by atoms with Crippen molar-refractivity contribution in [3.05, 3.63) is 128 Å². The molecule has 5 aromatic rings. The second kappa shape index (κ2) is 13.3. The SMILES string of the molecule is Cc1nc(Cl)c2c(I)cn(C3O[C@H](COC(=O)c4ccccc4)[C@@H](OC(=O)c4ccccc4)[C@H]3OC(=O)c3ccccc3)c2n1. The van der Waals surface area contributed by atoms with Crippen molar-refractivity contribution in [1.29, 1.82) is 0 Å². The second-order valence-electron chi connectivity index (χ2n) is 10.1. The van der Waals surface area contributed by atoms with E-state index in [4.69, 9.17) is 30.5 Å². The van der Waals surface area contributed by atoms with Crippen molar-refractivity contribution in [2.75, 3.05) is 6.61 Å². The number of fused-ring (bicyclic) bond motifs is 1. The maximum absolute atomic E-state index is 13.5. The summed E-state index contributed by atoms with van der Waals surface area (Å²) >= 11 is 8.61. The molecule has 1 aliphatic rings. The average molecular weight is 738 g/mol. The molecule has 228 valence electrons. The predicted octanol–water partition coefficient (Wildman–Crippen LogP) is 6.20. The third-order valence-corrected chi connectivity index (χ3v) is 8.24. The number of carbonyl (C=O) groups is 3. The molecule has 2 aromatic heterocycles. The van der Waals surface area contributed by atoms with Gasteiger partial charge in [-0.25, -0.2) is 24.4 Å². The van der Waals surface area contributed by atoms with Gasteiger partial charge >= 0.3 is 17.9 Å². The van der Waals surface area contributed by atoms with Crippen LogP contribution in [0, 0.1) is 10.5 Å². The molecule has 4 atom stereocenters. The summed E-state index contributed by atoms with van der Waals surface area (Å²) in [5.74, 6) is -1.51. The van der Waals surface area contributed by atoms with Crippen LogP contribution in [0.3, 0.4) is 0 Å². The number of hydrogen-bond acceptors (Lipinski definition) is 9. The van der Waals surface area contributed by atoms with E-state index in [0.717, 1.165) is 3.57 Å². The molecule has 10 nitrogen and oxygen atoms in total. The number of carbonyl (C=O) groups excluding carboxylic acids is 3. The number of rotatable bonds is 8. The molecule has 1 unspecified atom stereocenters. The molecular formula is C33H25ClIN3O7. The number of aryl methyl sites for hydroxylation is 1. The first-order valence-electron chi connectivity index (χ1n) is 13.9. The van der Waals surface area contributed by atoms with E-state index in [1.165, 1.54) is 0 Å². The molecule has 1 saturated heterocycles. The lowest BCUT2D eigenvalue weighted by molar-refractivity contribution is -0.0604. The van der Waals surface area contributed by atoms with E-state index in [1.54, 1.807) is 109 Å². The minimum Gasteiger partial charge on any atom is -0.459 e. The highest BCUT2D eigenvalue weighted by Crippen LogP contribution is 2.39. The van der Waals surface area contributed by atoms with Crippen molar-refractivity contribution >= 4 is 63.1 Å². The van der Waals surface area contributed by atoms with Gasteiger partial charge < -0.3 is 23.5 Å². The van der Waals surface area contributed by atoms with Crippen molar-refractivity contribution in [1.82, 2.24) is 14.5 Å². The molecule has 1 fully saturated rings. The van der Waals surface area contributed by atoms with Crippen LogP contribution in [0.2, 0.25) is 5.15 Å². The first kappa shape index (κ1) is 30.7. The third-order valence-electron chi connectivity index (χ3n) is 7.15. The number of esters is 3. The third kappa shape index (κ3) is 6.56. The summed E-state index contributed by atoms with van der Waals surface area (Å²) in [7, 11) is 0. The van der Waals surface area contributed by atoms with Crippen molar-refractivity contribution in [2.24, 2.45) is 0 Å². The van der Waals surface area contributed by atoms with E-state index in [-0.39, 0.29) is 22.9 Å². The van der Waals surface area contributed by atoms with Gasteiger partial charge in [0.1, 0.15) is 29.3 Å². The predicted molar refractivity (Wildman–Crippen MR) is 172 cm³/mol. The highest BCUT2D eigenvalue weighted by Gasteiger charge is 2.52. The largest absolute Gasteiger partial charge is 0.459 e. The van der Waals surface area contributed by atoms with Gasteiger partial charge in [0.05, 0.1) is 22.1 Å². The van der Waals surface area contributed by atoms with Crippen molar-refractivity contribution in [3.63, 3.8) is 0 Å². The number of aromatic nitrogens is 3. The molecule has 0 bridgehead atoms. The van der Waals surface area contributed by atoms with Gasteiger partial charge in [-0.15, -0.1) is 0 Å². The molecular weight excluding hydrogens is 713 g/mol. The van der Waals surface area contributed by atoms with E-state index in [2.05, 4.69) is 32.6 Å². The minimum atomic E-state index is -1.19. The van der Waals surface area contributed by atoms with Gasteiger partial charge in [-0.05, 0) is 65.9 Å². The van der Waals surface area contributed by atoms with Crippen LogP contribution in [0.4, 0.5) is 0 Å². The normalized spacial score (nSPS) is 19.3. The average Bonchev–Trinajstić information content (AvgIpc) is 3.56. The Hall–Kier alpha value is -4.33. The number of halogens is 2. The lowest BCUT2D eigenvalue weighted by Gasteiger charge is -2.25. The summed E-state index contributed by atoms with van der Waals surface area (Å²) in [6, 6.07) is 25.3. The Bertz CT molecular complexity index is 1850. The molecule has 0 aliphatic carbocycles. The molecule has 12 heteroatoms. The van der Waals surface area contributed by atoms with Crippen LogP contribution in [-0.2, 0) is 18.9 Å². The number of ether oxygens (including phenoxy) is 4. The molecule has 0 amide bonds. The van der Waals surface area contributed by atoms with Gasteiger partial charge in [-0.3, -0.25) is 0 Å². The zero-order valence-electron chi connectivity index (χ0n) is 23.7. The van der Waals surface area contributed by atoms with E-state index >= 15 is 0 Å². The van der Waals surface area contributed by atoms with Crippen LogP contribution in [0.25, 0.3) is 11.0 Å². The van der Waals surface area contributed by atoms with Crippen molar-refractivity contribution in [3.8, 4) is 0 Å². The Labute approximate surface area is 276 Å². The quantitative estimate of drug-likeness (QED) is 0.0794. The molecule has 3 aromatic carbocycles. The lowest BCUT2D eigenvalue weighted by atomic mass is 10.1. The first-order valence-corrected chi connectivity index (χ1v) is 15.4. The van der Waals surface area contributed by atoms with E-state index in [1.807, 2.05) is 0 Å². The van der Waals surface area contributed by atoms with Crippen LogP contribution in [0.5, 0.6) is 0 Å². The van der Waals surface area contributed by atoms with Gasteiger partial charge in [0.15, 0.2) is 18.4 Å². The highest BCUT2D eigenvalue weighted by molar-refractivity contribution is 14.1. The van der Waals surface area contributed by atoms with Crippen LogP contribution in [0.1, 0.15) is 43.1 Å². The number of hydrogen-bond donors (Lipinski definition) is 0.